The number of amides is 1. The first-order valence-corrected chi connectivity index (χ1v) is 6.03. The molecule has 0 bridgehead atoms. The Balaban J connectivity index is 2.16. The summed E-state index contributed by atoms with van der Waals surface area (Å²) in [5.74, 6) is 0.0571. The van der Waals surface area contributed by atoms with Crippen LogP contribution < -0.4 is 16.2 Å². The van der Waals surface area contributed by atoms with Crippen LogP contribution in [0.5, 0.6) is 5.75 Å². The summed E-state index contributed by atoms with van der Waals surface area (Å²) in [7, 11) is 0. The molecule has 1 amide bonds. The summed E-state index contributed by atoms with van der Waals surface area (Å²) in [6.07, 6.45) is 5.93. The molecule has 17 heavy (non-hydrogen) atoms. The first-order valence-electron chi connectivity index (χ1n) is 6.03. The molecule has 4 heteroatoms. The minimum Gasteiger partial charge on any atom is -0.490 e. The average molecular weight is 234 g/mol. The Bertz CT molecular complexity index is 412. The molecule has 1 saturated carbocycles. The monoisotopic (exact) mass is 234 g/mol. The highest BCUT2D eigenvalue weighted by Gasteiger charge is 2.18. The van der Waals surface area contributed by atoms with Crippen molar-refractivity contribution < 1.29 is 9.53 Å². The third-order valence-electron chi connectivity index (χ3n) is 3.11. The molecule has 1 aromatic carbocycles. The van der Waals surface area contributed by atoms with E-state index in [9.17, 15) is 4.79 Å². The number of nitrogen functional groups attached to an aromatic ring is 1. The zero-order chi connectivity index (χ0) is 12.3. The number of ether oxygens (including phenoxy) is 1. The molecule has 2 rings (SSSR count). The van der Waals surface area contributed by atoms with Crippen LogP contribution in [-0.4, -0.2) is 12.0 Å². The Morgan fingerprint density at radius 3 is 2.59 bits per heavy atom. The summed E-state index contributed by atoms with van der Waals surface area (Å²) in [6.45, 7) is 0. The molecular weight excluding hydrogens is 216 g/mol. The molecular formula is C13H18N2O2. The highest BCUT2D eigenvalue weighted by atomic mass is 16.5. The fourth-order valence-electron chi connectivity index (χ4n) is 2.21. The van der Waals surface area contributed by atoms with Crippen molar-refractivity contribution in [3.8, 4) is 5.75 Å². The molecule has 4 N–H and O–H groups in total. The maximum atomic E-state index is 11.3. The molecule has 1 aliphatic carbocycles. The lowest BCUT2D eigenvalue weighted by molar-refractivity contribution is 0.0988. The van der Waals surface area contributed by atoms with Crippen LogP contribution in [0, 0.1) is 0 Å². The van der Waals surface area contributed by atoms with E-state index in [-0.39, 0.29) is 6.10 Å². The van der Waals surface area contributed by atoms with Crippen molar-refractivity contribution in [3.05, 3.63) is 23.8 Å². The summed E-state index contributed by atoms with van der Waals surface area (Å²) in [5.41, 5.74) is 11.8. The van der Waals surface area contributed by atoms with Crippen LogP contribution in [0.3, 0.4) is 0 Å². The van der Waals surface area contributed by atoms with Gasteiger partial charge in [0.1, 0.15) is 5.75 Å². The SMILES string of the molecule is NC(=O)c1cc(N)ccc1OC1CCCCC1. The van der Waals surface area contributed by atoms with Crippen LogP contribution in [-0.2, 0) is 0 Å². The number of nitrogens with two attached hydrogens (primary N) is 2. The molecule has 1 aromatic rings. The second-order valence-electron chi connectivity index (χ2n) is 4.50. The van der Waals surface area contributed by atoms with Crippen LogP contribution in [0.4, 0.5) is 5.69 Å². The standard InChI is InChI=1S/C13H18N2O2/c14-9-6-7-12(11(8-9)13(15)16)17-10-4-2-1-3-5-10/h6-8,10H,1-5,14H2,(H2,15,16). The van der Waals surface area contributed by atoms with Crippen LogP contribution in [0.2, 0.25) is 0 Å². The first-order chi connectivity index (χ1) is 8.16. The van der Waals surface area contributed by atoms with Gasteiger partial charge in [0.25, 0.3) is 5.91 Å². The largest absolute Gasteiger partial charge is 0.490 e. The third-order valence-corrected chi connectivity index (χ3v) is 3.11. The minimum atomic E-state index is -0.497. The number of anilines is 1. The van der Waals surface area contributed by atoms with Crippen molar-refractivity contribution in [2.45, 2.75) is 38.2 Å². The van der Waals surface area contributed by atoms with E-state index < -0.39 is 5.91 Å². The van der Waals surface area contributed by atoms with E-state index in [1.807, 2.05) is 0 Å². The van der Waals surface area contributed by atoms with Crippen molar-refractivity contribution in [2.75, 3.05) is 5.73 Å². The summed E-state index contributed by atoms with van der Waals surface area (Å²) < 4.78 is 5.85. The molecule has 1 aliphatic rings. The van der Waals surface area contributed by atoms with E-state index >= 15 is 0 Å². The molecule has 0 saturated heterocycles. The number of primary amides is 1. The van der Waals surface area contributed by atoms with Gasteiger partial charge in [-0.1, -0.05) is 6.42 Å². The number of hydrogen-bond acceptors (Lipinski definition) is 3. The molecule has 0 atom stereocenters. The molecule has 92 valence electrons. The lowest BCUT2D eigenvalue weighted by Gasteiger charge is -2.24. The molecule has 1 fully saturated rings. The van der Waals surface area contributed by atoms with Gasteiger partial charge in [-0.2, -0.15) is 0 Å². The van der Waals surface area contributed by atoms with Gasteiger partial charge >= 0.3 is 0 Å². The normalized spacial score (nSPS) is 16.7. The van der Waals surface area contributed by atoms with E-state index in [2.05, 4.69) is 0 Å². The van der Waals surface area contributed by atoms with Gasteiger partial charge in [-0.25, -0.2) is 0 Å². The van der Waals surface area contributed by atoms with Gasteiger partial charge in [0, 0.05) is 5.69 Å². The molecule has 0 spiro atoms. The van der Waals surface area contributed by atoms with Gasteiger partial charge in [0.05, 0.1) is 11.7 Å². The lowest BCUT2D eigenvalue weighted by Crippen LogP contribution is -2.22. The Hall–Kier alpha value is -1.71. The van der Waals surface area contributed by atoms with Crippen LogP contribution in [0.25, 0.3) is 0 Å². The molecule has 0 aromatic heterocycles. The number of carbonyl (C=O) groups is 1. The summed E-state index contributed by atoms with van der Waals surface area (Å²) >= 11 is 0. The van der Waals surface area contributed by atoms with Crippen molar-refractivity contribution in [1.29, 1.82) is 0 Å². The van der Waals surface area contributed by atoms with Gasteiger partial charge in [-0.05, 0) is 43.9 Å². The quantitative estimate of drug-likeness (QED) is 0.786. The third kappa shape index (κ3) is 2.90. The van der Waals surface area contributed by atoms with Crippen LogP contribution in [0.15, 0.2) is 18.2 Å². The topological polar surface area (TPSA) is 78.3 Å². The lowest BCUT2D eigenvalue weighted by atomic mass is 9.97. The van der Waals surface area contributed by atoms with Crippen LogP contribution >= 0.6 is 0 Å². The second-order valence-corrected chi connectivity index (χ2v) is 4.50. The van der Waals surface area contributed by atoms with E-state index in [1.165, 1.54) is 19.3 Å². The van der Waals surface area contributed by atoms with Gasteiger partial charge in [0.2, 0.25) is 0 Å². The van der Waals surface area contributed by atoms with Gasteiger partial charge in [0.15, 0.2) is 0 Å². The maximum Gasteiger partial charge on any atom is 0.252 e. The number of rotatable bonds is 3. The first kappa shape index (κ1) is 11.8. The molecule has 0 heterocycles. The number of hydrogen-bond donors (Lipinski definition) is 2. The van der Waals surface area contributed by atoms with Crippen molar-refractivity contribution >= 4 is 11.6 Å². The molecule has 4 nitrogen and oxygen atoms in total. The zero-order valence-electron chi connectivity index (χ0n) is 9.82. The second kappa shape index (κ2) is 5.08. The Morgan fingerprint density at radius 1 is 1.24 bits per heavy atom. The average Bonchev–Trinajstić information content (AvgIpc) is 2.32. The fourth-order valence-corrected chi connectivity index (χ4v) is 2.21. The highest BCUT2D eigenvalue weighted by molar-refractivity contribution is 5.96. The summed E-state index contributed by atoms with van der Waals surface area (Å²) in [5, 5.41) is 0. The number of carbonyl (C=O) groups excluding carboxylic acids is 1. The van der Waals surface area contributed by atoms with Crippen LogP contribution in [0.1, 0.15) is 42.5 Å². The Kier molecular flexibility index (Phi) is 3.52. The Labute approximate surface area is 101 Å². The smallest absolute Gasteiger partial charge is 0.252 e. The predicted molar refractivity (Wildman–Crippen MR) is 66.9 cm³/mol. The molecule has 0 aliphatic heterocycles. The van der Waals surface area contributed by atoms with Gasteiger partial charge in [-0.15, -0.1) is 0 Å². The highest BCUT2D eigenvalue weighted by Crippen LogP contribution is 2.27. The van der Waals surface area contributed by atoms with Crippen molar-refractivity contribution in [3.63, 3.8) is 0 Å². The van der Waals surface area contributed by atoms with Crippen molar-refractivity contribution in [2.24, 2.45) is 5.73 Å². The molecule has 0 unspecified atom stereocenters. The summed E-state index contributed by atoms with van der Waals surface area (Å²) in [6, 6.07) is 5.02. The predicted octanol–water partition coefficient (Wildman–Crippen LogP) is 2.08. The molecule has 0 radical (unpaired) electrons. The fraction of sp³-hybridized carbons (Fsp3) is 0.462. The summed E-state index contributed by atoms with van der Waals surface area (Å²) in [4.78, 5) is 11.3. The number of benzene rings is 1. The Morgan fingerprint density at radius 2 is 1.94 bits per heavy atom. The van der Waals surface area contributed by atoms with E-state index in [1.54, 1.807) is 18.2 Å². The van der Waals surface area contributed by atoms with E-state index in [4.69, 9.17) is 16.2 Å². The zero-order valence-corrected chi connectivity index (χ0v) is 9.82. The maximum absolute atomic E-state index is 11.3. The van der Waals surface area contributed by atoms with Gasteiger partial charge in [-0.3, -0.25) is 4.79 Å². The van der Waals surface area contributed by atoms with Gasteiger partial charge < -0.3 is 16.2 Å². The minimum absolute atomic E-state index is 0.200. The van der Waals surface area contributed by atoms with Crippen molar-refractivity contribution in [1.82, 2.24) is 0 Å². The van der Waals surface area contributed by atoms with E-state index in [0.29, 0.717) is 17.0 Å². The van der Waals surface area contributed by atoms with E-state index in [0.717, 1.165) is 12.8 Å².